The van der Waals surface area contributed by atoms with Crippen LogP contribution in [0.4, 0.5) is 11.4 Å². The number of rotatable bonds is 6. The van der Waals surface area contributed by atoms with Gasteiger partial charge < -0.3 is 10.1 Å². The van der Waals surface area contributed by atoms with Crippen LogP contribution in [0.15, 0.2) is 24.3 Å². The minimum atomic E-state index is -0.386. The molecular weight excluding hydrogens is 208 g/mol. The van der Waals surface area contributed by atoms with E-state index in [9.17, 15) is 10.1 Å². The second-order valence-corrected chi connectivity index (χ2v) is 3.72. The van der Waals surface area contributed by atoms with E-state index in [4.69, 9.17) is 4.74 Å². The highest BCUT2D eigenvalue weighted by atomic mass is 16.6. The third-order valence-corrected chi connectivity index (χ3v) is 2.19. The van der Waals surface area contributed by atoms with Gasteiger partial charge in [0.25, 0.3) is 5.69 Å². The molecule has 0 spiro atoms. The lowest BCUT2D eigenvalue weighted by Gasteiger charge is -2.12. The van der Waals surface area contributed by atoms with Gasteiger partial charge in [-0.15, -0.1) is 0 Å². The summed E-state index contributed by atoms with van der Waals surface area (Å²) in [5, 5.41) is 13.8. The van der Waals surface area contributed by atoms with E-state index in [0.717, 1.165) is 0 Å². The number of nitro benzene ring substituents is 1. The lowest BCUT2D eigenvalue weighted by molar-refractivity contribution is -0.384. The smallest absolute Gasteiger partial charge is 0.292 e. The van der Waals surface area contributed by atoms with Gasteiger partial charge in [-0.05, 0) is 12.0 Å². The first-order valence-electron chi connectivity index (χ1n) is 5.11. The highest BCUT2D eigenvalue weighted by molar-refractivity contribution is 5.61. The molecule has 0 aromatic heterocycles. The van der Waals surface area contributed by atoms with Gasteiger partial charge in [0.1, 0.15) is 5.69 Å². The first-order valence-corrected chi connectivity index (χ1v) is 5.11. The summed E-state index contributed by atoms with van der Waals surface area (Å²) in [6.07, 6.45) is 0. The third-order valence-electron chi connectivity index (χ3n) is 2.19. The van der Waals surface area contributed by atoms with Crippen LogP contribution in [-0.2, 0) is 4.74 Å². The highest BCUT2D eigenvalue weighted by Crippen LogP contribution is 2.23. The Morgan fingerprint density at radius 1 is 1.50 bits per heavy atom. The summed E-state index contributed by atoms with van der Waals surface area (Å²) in [4.78, 5) is 10.3. The van der Waals surface area contributed by atoms with Gasteiger partial charge in [0.05, 0.1) is 11.5 Å². The minimum absolute atomic E-state index is 0.104. The zero-order valence-corrected chi connectivity index (χ0v) is 9.47. The van der Waals surface area contributed by atoms with Crippen LogP contribution in [0.2, 0.25) is 0 Å². The molecule has 5 nitrogen and oxygen atoms in total. The van der Waals surface area contributed by atoms with Crippen molar-refractivity contribution in [2.24, 2.45) is 5.92 Å². The van der Waals surface area contributed by atoms with Crippen LogP contribution in [0.5, 0.6) is 0 Å². The number of anilines is 1. The fourth-order valence-electron chi connectivity index (χ4n) is 1.41. The van der Waals surface area contributed by atoms with E-state index in [1.165, 1.54) is 6.07 Å². The quantitative estimate of drug-likeness (QED) is 0.594. The number of hydrogen-bond acceptors (Lipinski definition) is 4. The van der Waals surface area contributed by atoms with Gasteiger partial charge in [-0.25, -0.2) is 0 Å². The van der Waals surface area contributed by atoms with Crippen molar-refractivity contribution in [3.8, 4) is 0 Å². The van der Waals surface area contributed by atoms with Crippen LogP contribution in [0.1, 0.15) is 6.92 Å². The third kappa shape index (κ3) is 3.51. The van der Waals surface area contributed by atoms with E-state index in [2.05, 4.69) is 5.32 Å². The molecule has 0 amide bonds. The molecule has 0 bridgehead atoms. The Hall–Kier alpha value is -1.62. The zero-order valence-electron chi connectivity index (χ0n) is 9.47. The Kier molecular flexibility index (Phi) is 4.72. The summed E-state index contributed by atoms with van der Waals surface area (Å²) in [5.41, 5.74) is 0.655. The zero-order chi connectivity index (χ0) is 12.0. The van der Waals surface area contributed by atoms with Crippen molar-refractivity contribution >= 4 is 11.4 Å². The summed E-state index contributed by atoms with van der Waals surface area (Å²) < 4.78 is 5.00. The van der Waals surface area contributed by atoms with Gasteiger partial charge in [0.2, 0.25) is 0 Å². The van der Waals surface area contributed by atoms with Crippen molar-refractivity contribution in [1.29, 1.82) is 0 Å². The fourth-order valence-corrected chi connectivity index (χ4v) is 1.41. The molecule has 0 fully saturated rings. The molecule has 0 aliphatic rings. The van der Waals surface area contributed by atoms with Gasteiger partial charge in [-0.3, -0.25) is 10.1 Å². The van der Waals surface area contributed by atoms with E-state index < -0.39 is 0 Å². The fraction of sp³-hybridized carbons (Fsp3) is 0.455. The number of nitro groups is 1. The minimum Gasteiger partial charge on any atom is -0.384 e. The predicted octanol–water partition coefficient (Wildman–Crippen LogP) is 2.29. The second kappa shape index (κ2) is 6.07. The standard InChI is InChI=1S/C11H16N2O3/c1-9(8-16-2)7-12-10-5-3-4-6-11(10)13(14)15/h3-6,9,12H,7-8H2,1-2H3. The van der Waals surface area contributed by atoms with E-state index in [0.29, 0.717) is 24.8 Å². The van der Waals surface area contributed by atoms with Crippen molar-refractivity contribution < 1.29 is 9.66 Å². The van der Waals surface area contributed by atoms with Crippen LogP contribution in [0, 0.1) is 16.0 Å². The molecule has 0 heterocycles. The molecule has 0 saturated carbocycles. The molecule has 0 saturated heterocycles. The van der Waals surface area contributed by atoms with Crippen molar-refractivity contribution in [3.05, 3.63) is 34.4 Å². The molecule has 1 unspecified atom stereocenters. The van der Waals surface area contributed by atoms with Crippen LogP contribution >= 0.6 is 0 Å². The second-order valence-electron chi connectivity index (χ2n) is 3.72. The summed E-state index contributed by atoms with van der Waals surface area (Å²) in [5.74, 6) is 0.310. The average molecular weight is 224 g/mol. The predicted molar refractivity (Wildman–Crippen MR) is 62.6 cm³/mol. The average Bonchev–Trinajstić information content (AvgIpc) is 2.27. The Morgan fingerprint density at radius 3 is 2.81 bits per heavy atom. The number of nitrogens with zero attached hydrogens (tertiary/aromatic N) is 1. The van der Waals surface area contributed by atoms with Gasteiger partial charge >= 0.3 is 0 Å². The first kappa shape index (κ1) is 12.4. The first-order chi connectivity index (χ1) is 7.65. The van der Waals surface area contributed by atoms with E-state index in [-0.39, 0.29) is 10.6 Å². The van der Waals surface area contributed by atoms with Gasteiger partial charge in [-0.1, -0.05) is 19.1 Å². The number of para-hydroxylation sites is 2. The molecule has 0 aliphatic carbocycles. The Labute approximate surface area is 94.6 Å². The van der Waals surface area contributed by atoms with Gasteiger partial charge in [0.15, 0.2) is 0 Å². The number of hydrogen-bond donors (Lipinski definition) is 1. The number of methoxy groups -OCH3 is 1. The summed E-state index contributed by atoms with van der Waals surface area (Å²) >= 11 is 0. The van der Waals surface area contributed by atoms with E-state index >= 15 is 0 Å². The summed E-state index contributed by atoms with van der Waals surface area (Å²) in [6.45, 7) is 3.30. The molecule has 1 rings (SSSR count). The SMILES string of the molecule is COCC(C)CNc1ccccc1[N+](=O)[O-]. The molecule has 0 aliphatic heterocycles. The van der Waals surface area contributed by atoms with Crippen molar-refractivity contribution in [3.63, 3.8) is 0 Å². The number of ether oxygens (including phenoxy) is 1. The number of nitrogens with one attached hydrogen (secondary N) is 1. The molecule has 1 aromatic rings. The van der Waals surface area contributed by atoms with Crippen molar-refractivity contribution in [2.75, 3.05) is 25.6 Å². The van der Waals surface area contributed by atoms with Crippen LogP contribution in [-0.4, -0.2) is 25.2 Å². The van der Waals surface area contributed by atoms with Crippen LogP contribution in [0.3, 0.4) is 0 Å². The Balaban J connectivity index is 2.63. The molecule has 1 aromatic carbocycles. The topological polar surface area (TPSA) is 64.4 Å². The Bertz CT molecular complexity index is 355. The van der Waals surface area contributed by atoms with Gasteiger partial charge in [-0.2, -0.15) is 0 Å². The molecule has 1 N–H and O–H groups in total. The van der Waals surface area contributed by atoms with Crippen molar-refractivity contribution in [2.45, 2.75) is 6.92 Å². The largest absolute Gasteiger partial charge is 0.384 e. The highest BCUT2D eigenvalue weighted by Gasteiger charge is 2.12. The van der Waals surface area contributed by atoms with E-state index in [1.807, 2.05) is 6.92 Å². The summed E-state index contributed by atoms with van der Waals surface area (Å²) in [7, 11) is 1.64. The van der Waals surface area contributed by atoms with E-state index in [1.54, 1.807) is 25.3 Å². The van der Waals surface area contributed by atoms with Crippen molar-refractivity contribution in [1.82, 2.24) is 0 Å². The number of benzene rings is 1. The monoisotopic (exact) mass is 224 g/mol. The molecular formula is C11H16N2O3. The molecule has 5 heteroatoms. The van der Waals surface area contributed by atoms with Crippen LogP contribution < -0.4 is 5.32 Å². The molecule has 0 radical (unpaired) electrons. The maximum absolute atomic E-state index is 10.7. The molecule has 1 atom stereocenters. The molecule has 88 valence electrons. The van der Waals surface area contributed by atoms with Gasteiger partial charge in [0, 0.05) is 19.7 Å². The lowest BCUT2D eigenvalue weighted by Crippen LogP contribution is -2.16. The lowest BCUT2D eigenvalue weighted by atomic mass is 10.2. The Morgan fingerprint density at radius 2 is 2.19 bits per heavy atom. The molecule has 16 heavy (non-hydrogen) atoms. The maximum Gasteiger partial charge on any atom is 0.292 e. The van der Waals surface area contributed by atoms with Crippen LogP contribution in [0.25, 0.3) is 0 Å². The maximum atomic E-state index is 10.7. The normalized spacial score (nSPS) is 12.1. The summed E-state index contributed by atoms with van der Waals surface area (Å²) in [6, 6.07) is 6.62.